The Bertz CT molecular complexity index is 394. The van der Waals surface area contributed by atoms with Gasteiger partial charge in [-0.05, 0) is 0 Å². The Morgan fingerprint density at radius 3 is 2.67 bits per heavy atom. The molecule has 1 nitrogen and oxygen atoms in total. The van der Waals surface area contributed by atoms with Crippen molar-refractivity contribution >= 4 is 5.57 Å². The number of rotatable bonds is 2. The zero-order valence-corrected chi connectivity index (χ0v) is 10.2. The van der Waals surface area contributed by atoms with Gasteiger partial charge < -0.3 is 0 Å². The number of allylic oxidation sites excluding steroid dienone is 2. The van der Waals surface area contributed by atoms with Crippen LogP contribution in [0.15, 0.2) is 48.6 Å². The fourth-order valence-corrected chi connectivity index (χ4v) is 2.33. The van der Waals surface area contributed by atoms with Crippen molar-refractivity contribution in [3.63, 3.8) is 0 Å². The standard InChI is InChI=1S/C13H14N.Pd/c1-14-13-10-6-5-9-12(13)11-7-3-2-4-8-11;/h2-9,14H,10H2,1H3;. The van der Waals surface area contributed by atoms with Crippen molar-refractivity contribution in [2.75, 3.05) is 7.05 Å². The molecule has 1 unspecified atom stereocenters. The molecule has 2 heteroatoms. The second-order valence-electron chi connectivity index (χ2n) is 3.58. The minimum absolute atomic E-state index is 0.0844. The second-order valence-corrected chi connectivity index (χ2v) is 4.90. The Kier molecular flexibility index (Phi) is 3.21. The van der Waals surface area contributed by atoms with Gasteiger partial charge in [-0.2, -0.15) is 0 Å². The van der Waals surface area contributed by atoms with E-state index in [4.69, 9.17) is 0 Å². The van der Waals surface area contributed by atoms with Crippen LogP contribution in [0.1, 0.15) is 12.0 Å². The van der Waals surface area contributed by atoms with E-state index >= 15 is 0 Å². The molecule has 0 bridgehead atoms. The molecular weight excluding hydrogens is 277 g/mol. The van der Waals surface area contributed by atoms with Crippen LogP contribution in [0.4, 0.5) is 0 Å². The predicted octanol–water partition coefficient (Wildman–Crippen LogP) is 2.49. The van der Waals surface area contributed by atoms with E-state index in [0.29, 0.717) is 0 Å². The van der Waals surface area contributed by atoms with E-state index in [0.717, 1.165) is 6.42 Å². The average Bonchev–Trinajstić information content (AvgIpc) is 2.31. The van der Waals surface area contributed by atoms with Gasteiger partial charge in [-0.25, -0.2) is 0 Å². The van der Waals surface area contributed by atoms with Crippen molar-refractivity contribution in [1.82, 2.24) is 5.32 Å². The van der Waals surface area contributed by atoms with E-state index in [1.807, 2.05) is 13.1 Å². The quantitative estimate of drug-likeness (QED) is 0.825. The fraction of sp³-hybridized carbons (Fsp3) is 0.231. The Morgan fingerprint density at radius 2 is 2.00 bits per heavy atom. The number of hydrogen-bond donors (Lipinski definition) is 1. The zero-order chi connectivity index (χ0) is 10.7. The molecule has 81 valence electrons. The van der Waals surface area contributed by atoms with Gasteiger partial charge in [0.15, 0.2) is 0 Å². The van der Waals surface area contributed by atoms with Crippen LogP contribution in [0.25, 0.3) is 5.57 Å². The van der Waals surface area contributed by atoms with Gasteiger partial charge in [-0.15, -0.1) is 0 Å². The van der Waals surface area contributed by atoms with E-state index in [2.05, 4.69) is 67.0 Å². The molecule has 15 heavy (non-hydrogen) atoms. The van der Waals surface area contributed by atoms with Gasteiger partial charge in [0.1, 0.15) is 0 Å². The van der Waals surface area contributed by atoms with E-state index in [-0.39, 0.29) is 4.01 Å². The monoisotopic (exact) mass is 290 g/mol. The number of hydrogen-bond acceptors (Lipinski definition) is 1. The summed E-state index contributed by atoms with van der Waals surface area (Å²) in [5.41, 5.74) is 2.57. The van der Waals surface area contributed by atoms with Crippen LogP contribution in [0.5, 0.6) is 0 Å². The molecule has 0 aliphatic heterocycles. The Hall–Kier alpha value is -0.678. The minimum atomic E-state index is -0.0844. The third-order valence-corrected chi connectivity index (χ3v) is 3.79. The molecule has 1 N–H and O–H groups in total. The van der Waals surface area contributed by atoms with Crippen LogP contribution in [0.2, 0.25) is 0 Å². The molecular formula is C13H14NPd. The Balaban J connectivity index is 2.42. The summed E-state index contributed by atoms with van der Waals surface area (Å²) in [5.74, 6) is 0. The maximum absolute atomic E-state index is 3.46. The first-order chi connectivity index (χ1) is 7.26. The maximum atomic E-state index is 3.46. The first-order valence-electron chi connectivity index (χ1n) is 5.04. The number of likely N-dealkylation sites (N-methyl/N-ethyl adjacent to an activating group) is 1. The molecule has 1 aromatic rings. The summed E-state index contributed by atoms with van der Waals surface area (Å²) in [6.07, 6.45) is 7.44. The van der Waals surface area contributed by atoms with Crippen LogP contribution in [0, 0.1) is 0 Å². The fourth-order valence-electron chi connectivity index (χ4n) is 1.79. The van der Waals surface area contributed by atoms with Gasteiger partial charge in [-0.3, -0.25) is 0 Å². The number of benzene rings is 1. The van der Waals surface area contributed by atoms with Crippen molar-refractivity contribution in [2.24, 2.45) is 0 Å². The molecule has 0 amide bonds. The molecule has 0 spiro atoms. The molecule has 1 aliphatic rings. The molecule has 2 rings (SSSR count). The molecule has 0 aromatic heterocycles. The van der Waals surface area contributed by atoms with E-state index in [9.17, 15) is 0 Å². The summed E-state index contributed by atoms with van der Waals surface area (Å²) >= 11 is 3.46. The SMILES string of the molecule is CN[C]1([Pd])CC=CC=C1c1ccccc1. The van der Waals surface area contributed by atoms with Gasteiger partial charge in [-0.1, -0.05) is 0 Å². The summed E-state index contributed by atoms with van der Waals surface area (Å²) in [7, 11) is 1.99. The summed E-state index contributed by atoms with van der Waals surface area (Å²) in [4.78, 5) is 0. The topological polar surface area (TPSA) is 12.0 Å². The summed E-state index contributed by atoms with van der Waals surface area (Å²) < 4.78 is -0.0844. The van der Waals surface area contributed by atoms with Crippen molar-refractivity contribution in [3.05, 3.63) is 54.1 Å². The van der Waals surface area contributed by atoms with Crippen molar-refractivity contribution in [3.8, 4) is 0 Å². The molecule has 0 heterocycles. The molecule has 0 radical (unpaired) electrons. The molecule has 1 aliphatic carbocycles. The Labute approximate surface area is 102 Å². The Morgan fingerprint density at radius 1 is 1.27 bits per heavy atom. The van der Waals surface area contributed by atoms with Crippen molar-refractivity contribution in [2.45, 2.75) is 10.4 Å². The van der Waals surface area contributed by atoms with Crippen LogP contribution in [-0.4, -0.2) is 11.1 Å². The molecule has 1 atom stereocenters. The predicted molar refractivity (Wildman–Crippen MR) is 60.0 cm³/mol. The summed E-state index contributed by atoms with van der Waals surface area (Å²) in [5, 5.41) is 3.34. The average molecular weight is 291 g/mol. The molecule has 0 saturated heterocycles. The molecule has 0 saturated carbocycles. The van der Waals surface area contributed by atoms with Crippen molar-refractivity contribution in [1.29, 1.82) is 0 Å². The van der Waals surface area contributed by atoms with Crippen LogP contribution >= 0.6 is 0 Å². The second kappa shape index (κ2) is 4.45. The van der Waals surface area contributed by atoms with Crippen LogP contribution < -0.4 is 5.32 Å². The molecule has 1 aromatic carbocycles. The van der Waals surface area contributed by atoms with Crippen LogP contribution in [-0.2, 0) is 19.2 Å². The zero-order valence-electron chi connectivity index (χ0n) is 8.64. The van der Waals surface area contributed by atoms with Gasteiger partial charge in [0.25, 0.3) is 0 Å². The van der Waals surface area contributed by atoms with Crippen molar-refractivity contribution < 1.29 is 19.2 Å². The summed E-state index contributed by atoms with van der Waals surface area (Å²) in [6, 6.07) is 10.5. The van der Waals surface area contributed by atoms with E-state index in [1.165, 1.54) is 11.1 Å². The number of nitrogens with one attached hydrogen (secondary N) is 1. The third kappa shape index (κ3) is 2.13. The normalized spacial score (nSPS) is 25.1. The van der Waals surface area contributed by atoms with Gasteiger partial charge in [0.05, 0.1) is 0 Å². The van der Waals surface area contributed by atoms with Gasteiger partial charge >= 0.3 is 102 Å². The van der Waals surface area contributed by atoms with Gasteiger partial charge in [0, 0.05) is 0 Å². The third-order valence-electron chi connectivity index (χ3n) is 2.66. The van der Waals surface area contributed by atoms with E-state index in [1.54, 1.807) is 0 Å². The van der Waals surface area contributed by atoms with Crippen LogP contribution in [0.3, 0.4) is 0 Å². The first-order valence-corrected chi connectivity index (χ1v) is 5.81. The molecule has 0 fully saturated rings. The summed E-state index contributed by atoms with van der Waals surface area (Å²) in [6.45, 7) is 0. The first kappa shape index (κ1) is 10.8. The van der Waals surface area contributed by atoms with Gasteiger partial charge in [0.2, 0.25) is 0 Å². The van der Waals surface area contributed by atoms with E-state index < -0.39 is 0 Å².